The number of carbonyl (C=O) groups is 1. The van der Waals surface area contributed by atoms with Crippen LogP contribution in [0.4, 0.5) is 10.1 Å². The Morgan fingerprint density at radius 3 is 2.21 bits per heavy atom. The zero-order valence-electron chi connectivity index (χ0n) is 15.6. The molecule has 0 atom stereocenters. The van der Waals surface area contributed by atoms with E-state index in [9.17, 15) is 9.18 Å². The van der Waals surface area contributed by atoms with Gasteiger partial charge in [0.15, 0.2) is 0 Å². The molecule has 0 unspecified atom stereocenters. The van der Waals surface area contributed by atoms with Crippen LogP contribution in [0.2, 0.25) is 0 Å². The Kier molecular flexibility index (Phi) is 5.12. The number of hydrogen-bond donors (Lipinski definition) is 0. The fourth-order valence-electron chi connectivity index (χ4n) is 2.77. The van der Waals surface area contributed by atoms with Gasteiger partial charge in [0.25, 0.3) is 0 Å². The fraction of sp³-hybridized carbons (Fsp3) is 0.611. The minimum Gasteiger partial charge on any atom is -0.399 e. The molecule has 0 bridgehead atoms. The minimum absolute atomic E-state index is 0.0617. The van der Waals surface area contributed by atoms with Gasteiger partial charge in [0, 0.05) is 23.6 Å². The highest BCUT2D eigenvalue weighted by Gasteiger charge is 2.52. The van der Waals surface area contributed by atoms with Crippen LogP contribution in [0.5, 0.6) is 0 Å². The van der Waals surface area contributed by atoms with E-state index in [1.165, 1.54) is 12.1 Å². The summed E-state index contributed by atoms with van der Waals surface area (Å²) in [6.07, 6.45) is 0.345. The molecule has 1 saturated heterocycles. The predicted molar refractivity (Wildman–Crippen MR) is 95.0 cm³/mol. The number of rotatable bonds is 4. The summed E-state index contributed by atoms with van der Waals surface area (Å²) in [5, 5.41) is 0. The Bertz CT molecular complexity index is 615. The van der Waals surface area contributed by atoms with Crippen LogP contribution in [0.15, 0.2) is 18.2 Å². The summed E-state index contributed by atoms with van der Waals surface area (Å²) in [7, 11) is -0.642. The van der Waals surface area contributed by atoms with Crippen molar-refractivity contribution in [2.45, 2.75) is 72.1 Å². The van der Waals surface area contributed by atoms with Crippen molar-refractivity contribution in [3.8, 4) is 0 Å². The highest BCUT2D eigenvalue weighted by atomic mass is 19.1. The van der Waals surface area contributed by atoms with Gasteiger partial charge in [-0.25, -0.2) is 4.39 Å². The Labute approximate surface area is 144 Å². The third-order valence-electron chi connectivity index (χ3n) is 4.85. The lowest BCUT2D eigenvalue weighted by Crippen LogP contribution is -2.44. The molecule has 0 aliphatic carbocycles. The normalized spacial score (nSPS) is 19.0. The largest absolute Gasteiger partial charge is 0.496 e. The van der Waals surface area contributed by atoms with Gasteiger partial charge in [0.1, 0.15) is 5.82 Å². The van der Waals surface area contributed by atoms with Gasteiger partial charge in [-0.3, -0.25) is 4.79 Å². The number of anilines is 1. The summed E-state index contributed by atoms with van der Waals surface area (Å²) in [6.45, 7) is 13.5. The molecule has 1 aliphatic heterocycles. The van der Waals surface area contributed by atoms with Gasteiger partial charge in [0.2, 0.25) is 5.91 Å². The van der Waals surface area contributed by atoms with E-state index in [1.807, 2.05) is 41.5 Å². The van der Waals surface area contributed by atoms with Gasteiger partial charge >= 0.3 is 7.12 Å². The van der Waals surface area contributed by atoms with Crippen molar-refractivity contribution in [1.29, 1.82) is 0 Å². The molecular weight excluding hydrogens is 308 g/mol. The second-order valence-electron chi connectivity index (χ2n) is 7.50. The molecule has 4 nitrogen and oxygen atoms in total. The second-order valence-corrected chi connectivity index (χ2v) is 7.50. The molecule has 1 fully saturated rings. The first-order valence-electron chi connectivity index (χ1n) is 8.47. The third kappa shape index (κ3) is 3.35. The summed E-state index contributed by atoms with van der Waals surface area (Å²) in [4.78, 5) is 14.0. The minimum atomic E-state index is -0.642. The maximum absolute atomic E-state index is 13.9. The van der Waals surface area contributed by atoms with E-state index in [4.69, 9.17) is 9.31 Å². The summed E-state index contributed by atoms with van der Waals surface area (Å²) in [5.41, 5.74) is 0.183. The highest BCUT2D eigenvalue weighted by Crippen LogP contribution is 2.37. The average Bonchev–Trinajstić information content (AvgIpc) is 2.67. The van der Waals surface area contributed by atoms with Gasteiger partial charge in [0.05, 0.1) is 11.2 Å². The van der Waals surface area contributed by atoms with Crippen LogP contribution >= 0.6 is 0 Å². The number of amides is 1. The molecule has 1 aromatic carbocycles. The lowest BCUT2D eigenvalue weighted by molar-refractivity contribution is -0.118. The molecule has 0 spiro atoms. The molecule has 6 heteroatoms. The van der Waals surface area contributed by atoms with Crippen LogP contribution in [0.25, 0.3) is 0 Å². The molecule has 1 aromatic rings. The van der Waals surface area contributed by atoms with Gasteiger partial charge < -0.3 is 14.2 Å². The number of halogens is 1. The molecule has 1 aliphatic rings. The van der Waals surface area contributed by atoms with Crippen LogP contribution in [-0.4, -0.2) is 30.3 Å². The predicted octanol–water partition coefficient (Wildman–Crippen LogP) is 3.28. The van der Waals surface area contributed by atoms with Crippen molar-refractivity contribution in [3.05, 3.63) is 24.0 Å². The Morgan fingerprint density at radius 1 is 1.21 bits per heavy atom. The van der Waals surface area contributed by atoms with Gasteiger partial charge in [-0.15, -0.1) is 0 Å². The van der Waals surface area contributed by atoms with Crippen molar-refractivity contribution in [2.75, 3.05) is 4.90 Å². The molecule has 0 radical (unpaired) electrons. The monoisotopic (exact) mass is 335 g/mol. The summed E-state index contributed by atoms with van der Waals surface area (Å²) < 4.78 is 26.1. The molecule has 24 heavy (non-hydrogen) atoms. The van der Waals surface area contributed by atoms with Crippen LogP contribution in [0.3, 0.4) is 0 Å². The number of hydrogen-bond acceptors (Lipinski definition) is 3. The smallest absolute Gasteiger partial charge is 0.399 e. The average molecular weight is 335 g/mol. The highest BCUT2D eigenvalue weighted by molar-refractivity contribution is 6.64. The lowest BCUT2D eigenvalue weighted by atomic mass is 9.77. The first-order valence-corrected chi connectivity index (χ1v) is 8.47. The van der Waals surface area contributed by atoms with Crippen LogP contribution in [0.1, 0.15) is 54.9 Å². The zero-order chi connectivity index (χ0) is 18.3. The van der Waals surface area contributed by atoms with E-state index in [-0.39, 0.29) is 17.8 Å². The van der Waals surface area contributed by atoms with Crippen molar-refractivity contribution in [2.24, 2.45) is 0 Å². The quantitative estimate of drug-likeness (QED) is 0.793. The van der Waals surface area contributed by atoms with E-state index in [0.717, 1.165) is 0 Å². The fourth-order valence-corrected chi connectivity index (χ4v) is 2.77. The molecule has 1 amide bonds. The van der Waals surface area contributed by atoms with E-state index in [1.54, 1.807) is 17.9 Å². The maximum atomic E-state index is 13.9. The molecule has 0 saturated carbocycles. The topological polar surface area (TPSA) is 38.8 Å². The molecule has 132 valence electrons. The van der Waals surface area contributed by atoms with E-state index in [0.29, 0.717) is 17.6 Å². The van der Waals surface area contributed by atoms with Crippen LogP contribution in [0, 0.1) is 5.82 Å². The van der Waals surface area contributed by atoms with E-state index < -0.39 is 18.3 Å². The molecule has 0 aromatic heterocycles. The SMILES string of the molecule is CCC(=O)N(c1cc(F)ccc1B1OC(C)(C)C(C)(C)O1)C(C)C. The van der Waals surface area contributed by atoms with E-state index >= 15 is 0 Å². The van der Waals surface area contributed by atoms with Crippen molar-refractivity contribution < 1.29 is 18.5 Å². The standard InChI is InChI=1S/C18H27BFNO3/c1-8-16(22)21(12(2)3)15-11-13(20)9-10-14(15)19-23-17(4,5)18(6,7)24-19/h9-12H,8H2,1-7H3. The Morgan fingerprint density at radius 2 is 1.75 bits per heavy atom. The van der Waals surface area contributed by atoms with Gasteiger partial charge in [-0.1, -0.05) is 13.0 Å². The molecular formula is C18H27BFNO3. The maximum Gasteiger partial charge on any atom is 0.496 e. The van der Waals surface area contributed by atoms with Gasteiger partial charge in [-0.2, -0.15) is 0 Å². The Hall–Kier alpha value is -1.40. The summed E-state index contributed by atoms with van der Waals surface area (Å²) in [6, 6.07) is 4.30. The Balaban J connectivity index is 2.51. The summed E-state index contributed by atoms with van der Waals surface area (Å²) >= 11 is 0. The number of carbonyl (C=O) groups excluding carboxylic acids is 1. The van der Waals surface area contributed by atoms with Crippen LogP contribution < -0.4 is 10.4 Å². The molecule has 2 rings (SSSR count). The summed E-state index contributed by atoms with van der Waals surface area (Å²) in [5.74, 6) is -0.451. The number of benzene rings is 1. The van der Waals surface area contributed by atoms with Gasteiger partial charge in [-0.05, 0) is 53.7 Å². The van der Waals surface area contributed by atoms with Crippen molar-refractivity contribution >= 4 is 24.2 Å². The molecule has 0 N–H and O–H groups in total. The first kappa shape index (κ1) is 18.9. The van der Waals surface area contributed by atoms with E-state index in [2.05, 4.69) is 0 Å². The zero-order valence-corrected chi connectivity index (χ0v) is 15.6. The number of nitrogens with zero attached hydrogens (tertiary/aromatic N) is 1. The van der Waals surface area contributed by atoms with Crippen molar-refractivity contribution in [3.63, 3.8) is 0 Å². The lowest BCUT2D eigenvalue weighted by Gasteiger charge is -2.32. The second kappa shape index (κ2) is 6.49. The van der Waals surface area contributed by atoms with Crippen molar-refractivity contribution in [1.82, 2.24) is 0 Å². The first-order chi connectivity index (χ1) is 11.0. The van der Waals surface area contributed by atoms with Crippen LogP contribution in [-0.2, 0) is 14.1 Å². The molecule has 1 heterocycles. The third-order valence-corrected chi connectivity index (χ3v) is 4.85.